The fourth-order valence-electron chi connectivity index (χ4n) is 2.86. The second-order valence-corrected chi connectivity index (χ2v) is 5.60. The smallest absolute Gasteiger partial charge is 0.250 e. The summed E-state index contributed by atoms with van der Waals surface area (Å²) in [5, 5.41) is 0. The largest absolute Gasteiger partial charge is 0.328 e. The Morgan fingerprint density at radius 3 is 2.52 bits per heavy atom. The van der Waals surface area contributed by atoms with Gasteiger partial charge in [0.1, 0.15) is 5.49 Å². The number of rotatable bonds is 3. The summed E-state index contributed by atoms with van der Waals surface area (Å²) in [6, 6.07) is 16.1. The summed E-state index contributed by atoms with van der Waals surface area (Å²) >= 11 is 0. The lowest BCUT2D eigenvalue weighted by molar-refractivity contribution is -0.121. The molecular weight excluding hydrogens is 260 g/mol. The highest BCUT2D eigenvalue weighted by atomic mass is 16.1. The van der Waals surface area contributed by atoms with Crippen molar-refractivity contribution in [1.82, 2.24) is 4.57 Å². The average Bonchev–Trinajstić information content (AvgIpc) is 3.05. The summed E-state index contributed by atoms with van der Waals surface area (Å²) < 4.78 is 2.03. The van der Waals surface area contributed by atoms with Crippen molar-refractivity contribution in [1.29, 1.82) is 0 Å². The number of aromatic nitrogens is 1. The maximum absolute atomic E-state index is 12.2. The van der Waals surface area contributed by atoms with E-state index in [4.69, 9.17) is 0 Å². The van der Waals surface area contributed by atoms with Crippen molar-refractivity contribution in [2.45, 2.75) is 32.2 Å². The summed E-state index contributed by atoms with van der Waals surface area (Å²) in [6.45, 7) is 0.735. The maximum atomic E-state index is 12.2. The van der Waals surface area contributed by atoms with Crippen molar-refractivity contribution >= 4 is 5.91 Å². The van der Waals surface area contributed by atoms with Gasteiger partial charge in [-0.05, 0) is 30.5 Å². The molecule has 1 amide bonds. The highest BCUT2D eigenvalue weighted by molar-refractivity contribution is 5.79. The van der Waals surface area contributed by atoms with E-state index in [1.165, 1.54) is 5.56 Å². The van der Waals surface area contributed by atoms with Crippen LogP contribution in [-0.2, 0) is 11.3 Å². The number of hydrogen-bond acceptors (Lipinski definition) is 1. The Bertz CT molecular complexity index is 667. The molecule has 108 valence electrons. The SMILES string of the molecule is O=C(N=c1ccccn1Cc1ccccc1)C1CCCC1. The van der Waals surface area contributed by atoms with Gasteiger partial charge in [0.2, 0.25) is 0 Å². The van der Waals surface area contributed by atoms with Crippen LogP contribution in [0.5, 0.6) is 0 Å². The molecule has 3 rings (SSSR count). The molecule has 0 radical (unpaired) electrons. The summed E-state index contributed by atoms with van der Waals surface area (Å²) in [4.78, 5) is 16.6. The number of benzene rings is 1. The molecule has 1 saturated carbocycles. The first kappa shape index (κ1) is 13.8. The Morgan fingerprint density at radius 2 is 1.76 bits per heavy atom. The zero-order valence-electron chi connectivity index (χ0n) is 12.1. The van der Waals surface area contributed by atoms with Gasteiger partial charge in [-0.3, -0.25) is 4.79 Å². The van der Waals surface area contributed by atoms with Crippen LogP contribution in [-0.4, -0.2) is 10.5 Å². The lowest BCUT2D eigenvalue weighted by Crippen LogP contribution is -2.23. The number of pyridine rings is 1. The number of nitrogens with zero attached hydrogens (tertiary/aromatic N) is 2. The zero-order chi connectivity index (χ0) is 14.5. The van der Waals surface area contributed by atoms with Crippen molar-refractivity contribution < 1.29 is 4.79 Å². The fraction of sp³-hybridized carbons (Fsp3) is 0.333. The Morgan fingerprint density at radius 1 is 1.05 bits per heavy atom. The van der Waals surface area contributed by atoms with Crippen LogP contribution in [0, 0.1) is 5.92 Å². The first-order valence-corrected chi connectivity index (χ1v) is 7.61. The highest BCUT2D eigenvalue weighted by Gasteiger charge is 2.21. The number of carbonyl (C=O) groups is 1. The van der Waals surface area contributed by atoms with Crippen LogP contribution in [0.15, 0.2) is 59.7 Å². The molecule has 0 unspecified atom stereocenters. The molecule has 1 aromatic heterocycles. The predicted molar refractivity (Wildman–Crippen MR) is 82.5 cm³/mol. The van der Waals surface area contributed by atoms with Crippen LogP contribution in [0.4, 0.5) is 0 Å². The van der Waals surface area contributed by atoms with Gasteiger partial charge in [-0.1, -0.05) is 49.2 Å². The van der Waals surface area contributed by atoms with Gasteiger partial charge in [0.05, 0.1) is 0 Å². The van der Waals surface area contributed by atoms with Crippen molar-refractivity contribution in [2.24, 2.45) is 10.9 Å². The molecule has 1 aliphatic rings. The van der Waals surface area contributed by atoms with Gasteiger partial charge in [0, 0.05) is 18.7 Å². The summed E-state index contributed by atoms with van der Waals surface area (Å²) in [6.07, 6.45) is 6.28. The van der Waals surface area contributed by atoms with Crippen LogP contribution < -0.4 is 5.49 Å². The third-order valence-corrected chi connectivity index (χ3v) is 4.04. The molecule has 21 heavy (non-hydrogen) atoms. The van der Waals surface area contributed by atoms with E-state index in [1.807, 2.05) is 47.2 Å². The fourth-order valence-corrected chi connectivity index (χ4v) is 2.86. The van der Waals surface area contributed by atoms with E-state index in [-0.39, 0.29) is 11.8 Å². The lowest BCUT2D eigenvalue weighted by atomic mass is 10.1. The molecule has 3 nitrogen and oxygen atoms in total. The van der Waals surface area contributed by atoms with E-state index in [0.717, 1.165) is 37.7 Å². The summed E-state index contributed by atoms with van der Waals surface area (Å²) in [5.74, 6) is 0.177. The van der Waals surface area contributed by atoms with Gasteiger partial charge < -0.3 is 4.57 Å². The first-order chi connectivity index (χ1) is 10.3. The van der Waals surface area contributed by atoms with Gasteiger partial charge in [-0.25, -0.2) is 0 Å². The van der Waals surface area contributed by atoms with Crippen molar-refractivity contribution in [3.05, 3.63) is 65.8 Å². The molecule has 0 bridgehead atoms. The van der Waals surface area contributed by atoms with E-state index >= 15 is 0 Å². The second-order valence-electron chi connectivity index (χ2n) is 5.60. The van der Waals surface area contributed by atoms with E-state index in [2.05, 4.69) is 17.1 Å². The second kappa shape index (κ2) is 6.53. The quantitative estimate of drug-likeness (QED) is 0.850. The van der Waals surface area contributed by atoms with E-state index in [9.17, 15) is 4.79 Å². The molecule has 1 heterocycles. The molecule has 1 fully saturated rings. The lowest BCUT2D eigenvalue weighted by Gasteiger charge is -2.08. The van der Waals surface area contributed by atoms with Gasteiger partial charge in [-0.2, -0.15) is 4.99 Å². The van der Waals surface area contributed by atoms with Crippen LogP contribution in [0.1, 0.15) is 31.2 Å². The molecule has 0 spiro atoms. The normalized spacial score (nSPS) is 16.3. The molecule has 0 aliphatic heterocycles. The maximum Gasteiger partial charge on any atom is 0.250 e. The monoisotopic (exact) mass is 280 g/mol. The minimum Gasteiger partial charge on any atom is -0.328 e. The van der Waals surface area contributed by atoms with E-state index in [1.54, 1.807) is 0 Å². The molecule has 3 heteroatoms. The van der Waals surface area contributed by atoms with E-state index in [0.29, 0.717) is 0 Å². The van der Waals surface area contributed by atoms with Crippen LogP contribution in [0.2, 0.25) is 0 Å². The Hall–Kier alpha value is -2.16. The molecule has 1 aromatic carbocycles. The van der Waals surface area contributed by atoms with Crippen molar-refractivity contribution in [3.8, 4) is 0 Å². The first-order valence-electron chi connectivity index (χ1n) is 7.61. The minimum atomic E-state index is 0.0421. The molecular formula is C18H20N2O. The molecule has 0 saturated heterocycles. The van der Waals surface area contributed by atoms with Gasteiger partial charge >= 0.3 is 0 Å². The van der Waals surface area contributed by atoms with Crippen LogP contribution >= 0.6 is 0 Å². The van der Waals surface area contributed by atoms with Crippen molar-refractivity contribution in [3.63, 3.8) is 0 Å². The van der Waals surface area contributed by atoms with Gasteiger partial charge in [0.25, 0.3) is 5.91 Å². The molecule has 2 aromatic rings. The zero-order valence-corrected chi connectivity index (χ0v) is 12.1. The summed E-state index contributed by atoms with van der Waals surface area (Å²) in [7, 11) is 0. The number of carbonyl (C=O) groups excluding carboxylic acids is 1. The van der Waals surface area contributed by atoms with E-state index < -0.39 is 0 Å². The number of amides is 1. The Balaban J connectivity index is 1.87. The Kier molecular flexibility index (Phi) is 4.29. The van der Waals surface area contributed by atoms with Crippen molar-refractivity contribution in [2.75, 3.05) is 0 Å². The summed E-state index contributed by atoms with van der Waals surface area (Å²) in [5.41, 5.74) is 1.96. The predicted octanol–water partition coefficient (Wildman–Crippen LogP) is 3.15. The third kappa shape index (κ3) is 3.48. The molecule has 0 atom stereocenters. The standard InChI is InChI=1S/C18H20N2O/c21-18(16-10-4-5-11-16)19-17-12-6-7-13-20(17)14-15-8-2-1-3-9-15/h1-3,6-9,12-13,16H,4-5,10-11,14H2. The highest BCUT2D eigenvalue weighted by Crippen LogP contribution is 2.25. The average molecular weight is 280 g/mol. The number of hydrogen-bond donors (Lipinski definition) is 0. The topological polar surface area (TPSA) is 34.4 Å². The molecule has 0 N–H and O–H groups in total. The van der Waals surface area contributed by atoms with Crippen LogP contribution in [0.3, 0.4) is 0 Å². The minimum absolute atomic E-state index is 0.0421. The third-order valence-electron chi connectivity index (χ3n) is 4.04. The van der Waals surface area contributed by atoms with Gasteiger partial charge in [-0.15, -0.1) is 0 Å². The van der Waals surface area contributed by atoms with Crippen LogP contribution in [0.25, 0.3) is 0 Å². The Labute approximate surface area is 125 Å². The van der Waals surface area contributed by atoms with Gasteiger partial charge in [0.15, 0.2) is 0 Å². The molecule has 1 aliphatic carbocycles.